The number of hydrogen-bond donors (Lipinski definition) is 0. The highest BCUT2D eigenvalue weighted by molar-refractivity contribution is 5.83. The van der Waals surface area contributed by atoms with Gasteiger partial charge in [0.1, 0.15) is 6.10 Å². The van der Waals surface area contributed by atoms with Gasteiger partial charge in [-0.25, -0.2) is 0 Å². The SMILES string of the molecule is CC(=O)OC1CCC1=C(c1ccccc1)c1ccccc1. The molecule has 1 atom stereocenters. The van der Waals surface area contributed by atoms with Crippen LogP contribution in [-0.2, 0) is 9.53 Å². The summed E-state index contributed by atoms with van der Waals surface area (Å²) in [5.41, 5.74) is 4.78. The molecule has 3 rings (SSSR count). The van der Waals surface area contributed by atoms with E-state index in [1.807, 2.05) is 36.4 Å². The van der Waals surface area contributed by atoms with Gasteiger partial charge in [0.2, 0.25) is 0 Å². The third-order valence-corrected chi connectivity index (χ3v) is 3.82. The molecule has 0 radical (unpaired) electrons. The third kappa shape index (κ3) is 2.89. The van der Waals surface area contributed by atoms with Crippen molar-refractivity contribution in [3.8, 4) is 0 Å². The van der Waals surface area contributed by atoms with Crippen molar-refractivity contribution in [1.82, 2.24) is 0 Å². The van der Waals surface area contributed by atoms with E-state index in [4.69, 9.17) is 4.74 Å². The molecule has 1 fully saturated rings. The first-order valence-electron chi connectivity index (χ1n) is 7.27. The predicted octanol–water partition coefficient (Wildman–Crippen LogP) is 4.21. The minimum absolute atomic E-state index is 0.0714. The highest BCUT2D eigenvalue weighted by atomic mass is 16.5. The summed E-state index contributed by atoms with van der Waals surface area (Å²) in [7, 11) is 0. The maximum Gasteiger partial charge on any atom is 0.303 e. The molecule has 0 N–H and O–H groups in total. The first-order valence-corrected chi connectivity index (χ1v) is 7.27. The smallest absolute Gasteiger partial charge is 0.303 e. The standard InChI is InChI=1S/C19H18O2/c1-14(20)21-18-13-12-17(18)19(15-8-4-2-5-9-15)16-10-6-3-7-11-16/h2-11,18H,12-13H2,1H3. The monoisotopic (exact) mass is 278 g/mol. The van der Waals surface area contributed by atoms with Crippen LogP contribution in [0.4, 0.5) is 0 Å². The van der Waals surface area contributed by atoms with E-state index >= 15 is 0 Å². The zero-order valence-corrected chi connectivity index (χ0v) is 12.1. The Morgan fingerprint density at radius 3 is 1.86 bits per heavy atom. The molecule has 0 bridgehead atoms. The van der Waals surface area contributed by atoms with Crippen molar-refractivity contribution in [2.45, 2.75) is 25.9 Å². The van der Waals surface area contributed by atoms with E-state index < -0.39 is 0 Å². The molecule has 1 unspecified atom stereocenters. The van der Waals surface area contributed by atoms with E-state index in [2.05, 4.69) is 24.3 Å². The molecule has 0 spiro atoms. The summed E-state index contributed by atoms with van der Waals surface area (Å²) in [5, 5.41) is 0. The minimum Gasteiger partial charge on any atom is -0.458 e. The Balaban J connectivity index is 2.07. The molecule has 2 heteroatoms. The van der Waals surface area contributed by atoms with E-state index in [9.17, 15) is 4.79 Å². The van der Waals surface area contributed by atoms with Gasteiger partial charge in [-0.1, -0.05) is 60.7 Å². The van der Waals surface area contributed by atoms with Gasteiger partial charge >= 0.3 is 5.97 Å². The number of esters is 1. The van der Waals surface area contributed by atoms with Crippen LogP contribution in [0.15, 0.2) is 66.2 Å². The maximum absolute atomic E-state index is 11.2. The number of carbonyl (C=O) groups excluding carboxylic acids is 1. The average Bonchev–Trinajstić information content (AvgIpc) is 2.50. The molecule has 2 nitrogen and oxygen atoms in total. The lowest BCUT2D eigenvalue weighted by Crippen LogP contribution is -2.28. The van der Waals surface area contributed by atoms with E-state index in [-0.39, 0.29) is 12.1 Å². The van der Waals surface area contributed by atoms with Crippen molar-refractivity contribution >= 4 is 11.5 Å². The van der Waals surface area contributed by atoms with Crippen LogP contribution in [-0.4, -0.2) is 12.1 Å². The molecular weight excluding hydrogens is 260 g/mol. The molecule has 1 saturated carbocycles. The molecule has 0 aliphatic heterocycles. The second kappa shape index (κ2) is 5.96. The van der Waals surface area contributed by atoms with Crippen LogP contribution in [0.1, 0.15) is 30.9 Å². The summed E-state index contributed by atoms with van der Waals surface area (Å²) < 4.78 is 5.43. The van der Waals surface area contributed by atoms with Gasteiger partial charge in [-0.3, -0.25) is 4.79 Å². The quantitative estimate of drug-likeness (QED) is 0.786. The lowest BCUT2D eigenvalue weighted by Gasteiger charge is -2.32. The van der Waals surface area contributed by atoms with E-state index in [0.29, 0.717) is 0 Å². The van der Waals surface area contributed by atoms with Crippen molar-refractivity contribution < 1.29 is 9.53 Å². The van der Waals surface area contributed by atoms with Crippen molar-refractivity contribution in [3.05, 3.63) is 77.4 Å². The molecule has 106 valence electrons. The van der Waals surface area contributed by atoms with Gasteiger partial charge in [0.25, 0.3) is 0 Å². The fourth-order valence-corrected chi connectivity index (χ4v) is 2.77. The fourth-order valence-electron chi connectivity index (χ4n) is 2.77. The normalized spacial score (nSPS) is 17.0. The topological polar surface area (TPSA) is 26.3 Å². The van der Waals surface area contributed by atoms with Crippen molar-refractivity contribution in [1.29, 1.82) is 0 Å². The van der Waals surface area contributed by atoms with Crippen LogP contribution in [0.5, 0.6) is 0 Å². The van der Waals surface area contributed by atoms with Crippen LogP contribution in [0, 0.1) is 0 Å². The van der Waals surface area contributed by atoms with Gasteiger partial charge in [-0.05, 0) is 35.1 Å². The molecule has 0 aromatic heterocycles. The number of ether oxygens (including phenoxy) is 1. The largest absolute Gasteiger partial charge is 0.458 e. The van der Waals surface area contributed by atoms with Gasteiger partial charge in [-0.2, -0.15) is 0 Å². The summed E-state index contributed by atoms with van der Waals surface area (Å²) in [5.74, 6) is -0.210. The Morgan fingerprint density at radius 1 is 0.952 bits per heavy atom. The Hall–Kier alpha value is -2.35. The van der Waals surface area contributed by atoms with E-state index in [1.54, 1.807) is 0 Å². The van der Waals surface area contributed by atoms with E-state index in [1.165, 1.54) is 29.2 Å². The minimum atomic E-state index is -0.210. The lowest BCUT2D eigenvalue weighted by atomic mass is 9.80. The summed E-state index contributed by atoms with van der Waals surface area (Å²) in [6, 6.07) is 20.6. The molecule has 1 aliphatic rings. The summed E-state index contributed by atoms with van der Waals surface area (Å²) in [6.45, 7) is 1.47. The molecule has 2 aromatic rings. The Morgan fingerprint density at radius 2 is 1.48 bits per heavy atom. The molecule has 21 heavy (non-hydrogen) atoms. The van der Waals surface area contributed by atoms with Crippen molar-refractivity contribution in [3.63, 3.8) is 0 Å². The zero-order valence-electron chi connectivity index (χ0n) is 12.1. The molecule has 0 amide bonds. The number of carbonyl (C=O) groups is 1. The van der Waals surface area contributed by atoms with Crippen LogP contribution in [0.2, 0.25) is 0 Å². The van der Waals surface area contributed by atoms with Gasteiger partial charge in [-0.15, -0.1) is 0 Å². The van der Waals surface area contributed by atoms with Crippen LogP contribution < -0.4 is 0 Å². The Labute approximate surface area is 125 Å². The van der Waals surface area contributed by atoms with Crippen LogP contribution in [0.3, 0.4) is 0 Å². The summed E-state index contributed by atoms with van der Waals surface area (Å²) in [6.07, 6.45) is 1.83. The Kier molecular flexibility index (Phi) is 3.87. The number of rotatable bonds is 3. The lowest BCUT2D eigenvalue weighted by molar-refractivity contribution is -0.146. The Bertz CT molecular complexity index is 615. The van der Waals surface area contributed by atoms with Gasteiger partial charge < -0.3 is 4.74 Å². The number of hydrogen-bond acceptors (Lipinski definition) is 2. The van der Waals surface area contributed by atoms with Gasteiger partial charge in [0.05, 0.1) is 0 Å². The molecule has 2 aromatic carbocycles. The number of benzene rings is 2. The molecule has 1 aliphatic carbocycles. The van der Waals surface area contributed by atoms with Gasteiger partial charge in [0, 0.05) is 6.92 Å². The fraction of sp³-hybridized carbons (Fsp3) is 0.211. The van der Waals surface area contributed by atoms with Crippen molar-refractivity contribution in [2.75, 3.05) is 0 Å². The predicted molar refractivity (Wildman–Crippen MR) is 83.7 cm³/mol. The highest BCUT2D eigenvalue weighted by Crippen LogP contribution is 2.39. The summed E-state index contributed by atoms with van der Waals surface area (Å²) in [4.78, 5) is 11.2. The second-order valence-electron chi connectivity index (χ2n) is 5.27. The third-order valence-electron chi connectivity index (χ3n) is 3.82. The van der Waals surface area contributed by atoms with Crippen LogP contribution in [0.25, 0.3) is 5.57 Å². The van der Waals surface area contributed by atoms with E-state index in [0.717, 1.165) is 12.8 Å². The highest BCUT2D eigenvalue weighted by Gasteiger charge is 2.30. The summed E-state index contributed by atoms with van der Waals surface area (Å²) >= 11 is 0. The first kappa shape index (κ1) is 13.6. The first-order chi connectivity index (χ1) is 10.3. The van der Waals surface area contributed by atoms with Crippen molar-refractivity contribution in [2.24, 2.45) is 0 Å². The van der Waals surface area contributed by atoms with Gasteiger partial charge in [0.15, 0.2) is 0 Å². The molecule has 0 saturated heterocycles. The molecule has 0 heterocycles. The molecular formula is C19H18O2. The average molecular weight is 278 g/mol. The zero-order chi connectivity index (χ0) is 14.7. The van der Waals surface area contributed by atoms with Crippen LogP contribution >= 0.6 is 0 Å². The second-order valence-corrected chi connectivity index (χ2v) is 5.27. The maximum atomic E-state index is 11.2.